The van der Waals surface area contributed by atoms with Crippen LogP contribution in [0, 0.1) is 9.49 Å². The summed E-state index contributed by atoms with van der Waals surface area (Å²) >= 11 is 7.81. The highest BCUT2D eigenvalue weighted by molar-refractivity contribution is 14.1. The Bertz CT molecular complexity index is 452. The third-order valence-electron chi connectivity index (χ3n) is 3.69. The molecular weight excluding hydrogens is 351 g/mol. The van der Waals surface area contributed by atoms with Crippen molar-refractivity contribution in [2.45, 2.75) is 45.1 Å². The van der Waals surface area contributed by atoms with Crippen molar-refractivity contribution in [1.82, 2.24) is 9.55 Å². The summed E-state index contributed by atoms with van der Waals surface area (Å²) in [5.41, 5.74) is 0.00514. The first kappa shape index (κ1) is 13.3. The van der Waals surface area contributed by atoms with Crippen LogP contribution in [0.4, 0.5) is 0 Å². The molecule has 1 saturated carbocycles. The Hall–Kier alpha value is -0.100. The SMILES string of the molecule is CCC1CCC(n2cnc(Cl)c(I)c2=O)CC1. The molecule has 94 valence electrons. The van der Waals surface area contributed by atoms with Crippen LogP contribution >= 0.6 is 34.2 Å². The van der Waals surface area contributed by atoms with Gasteiger partial charge in [-0.25, -0.2) is 4.98 Å². The molecule has 1 aromatic rings. The zero-order valence-corrected chi connectivity index (χ0v) is 12.7. The number of nitrogens with zero attached hydrogens (tertiary/aromatic N) is 2. The van der Waals surface area contributed by atoms with E-state index in [2.05, 4.69) is 11.9 Å². The number of aromatic nitrogens is 2. The van der Waals surface area contributed by atoms with Gasteiger partial charge in [0.1, 0.15) is 8.72 Å². The van der Waals surface area contributed by atoms with Gasteiger partial charge in [-0.05, 0) is 54.2 Å². The van der Waals surface area contributed by atoms with E-state index in [0.717, 1.165) is 18.8 Å². The second kappa shape index (κ2) is 5.69. The van der Waals surface area contributed by atoms with Crippen molar-refractivity contribution in [2.75, 3.05) is 0 Å². The van der Waals surface area contributed by atoms with Gasteiger partial charge in [0.2, 0.25) is 0 Å². The van der Waals surface area contributed by atoms with Gasteiger partial charge in [-0.1, -0.05) is 24.9 Å². The Morgan fingerprint density at radius 2 is 2.12 bits per heavy atom. The maximum absolute atomic E-state index is 12.1. The Balaban J connectivity index is 2.19. The molecule has 2 rings (SSSR count). The summed E-state index contributed by atoms with van der Waals surface area (Å²) in [6.07, 6.45) is 7.44. The van der Waals surface area contributed by atoms with Gasteiger partial charge in [0.25, 0.3) is 5.56 Å². The van der Waals surface area contributed by atoms with Crippen molar-refractivity contribution in [2.24, 2.45) is 5.92 Å². The van der Waals surface area contributed by atoms with Crippen LogP contribution in [-0.2, 0) is 0 Å². The van der Waals surface area contributed by atoms with E-state index in [1.165, 1.54) is 19.3 Å². The molecule has 0 aromatic carbocycles. The molecule has 1 fully saturated rings. The zero-order chi connectivity index (χ0) is 12.4. The monoisotopic (exact) mass is 366 g/mol. The van der Waals surface area contributed by atoms with Crippen molar-refractivity contribution in [3.05, 3.63) is 25.4 Å². The second-order valence-electron chi connectivity index (χ2n) is 4.64. The van der Waals surface area contributed by atoms with E-state index in [4.69, 9.17) is 11.6 Å². The molecule has 0 atom stereocenters. The van der Waals surface area contributed by atoms with E-state index in [-0.39, 0.29) is 5.56 Å². The van der Waals surface area contributed by atoms with Gasteiger partial charge >= 0.3 is 0 Å². The van der Waals surface area contributed by atoms with Gasteiger partial charge in [-0.3, -0.25) is 9.36 Å². The third kappa shape index (κ3) is 2.84. The number of hydrogen-bond donors (Lipinski definition) is 0. The van der Waals surface area contributed by atoms with Gasteiger partial charge in [0.05, 0.1) is 6.33 Å². The quantitative estimate of drug-likeness (QED) is 0.591. The molecule has 5 heteroatoms. The van der Waals surface area contributed by atoms with Gasteiger partial charge in [0.15, 0.2) is 0 Å². The van der Waals surface area contributed by atoms with Crippen LogP contribution in [0.1, 0.15) is 45.1 Å². The Kier molecular flexibility index (Phi) is 4.47. The molecule has 1 aliphatic carbocycles. The first-order valence-corrected chi connectivity index (χ1v) is 7.51. The number of halogens is 2. The summed E-state index contributed by atoms with van der Waals surface area (Å²) in [5.74, 6) is 0.835. The van der Waals surface area contributed by atoms with Crippen molar-refractivity contribution in [3.63, 3.8) is 0 Å². The Labute approximate surface area is 120 Å². The minimum Gasteiger partial charge on any atom is -0.295 e. The highest BCUT2D eigenvalue weighted by Gasteiger charge is 2.22. The van der Waals surface area contributed by atoms with Gasteiger partial charge in [-0.2, -0.15) is 0 Å². The lowest BCUT2D eigenvalue weighted by atomic mass is 9.84. The maximum atomic E-state index is 12.1. The lowest BCUT2D eigenvalue weighted by molar-refractivity contribution is 0.264. The van der Waals surface area contributed by atoms with Crippen molar-refractivity contribution in [3.8, 4) is 0 Å². The predicted octanol–water partition coefficient (Wildman–Crippen LogP) is 3.64. The van der Waals surface area contributed by atoms with Gasteiger partial charge in [-0.15, -0.1) is 0 Å². The van der Waals surface area contributed by atoms with Gasteiger partial charge in [0, 0.05) is 6.04 Å². The molecule has 1 aliphatic rings. The molecule has 0 bridgehead atoms. The fourth-order valence-electron chi connectivity index (χ4n) is 2.51. The van der Waals surface area contributed by atoms with Crippen LogP contribution in [0.25, 0.3) is 0 Å². The minimum atomic E-state index is 0.00514. The molecule has 3 nitrogen and oxygen atoms in total. The minimum absolute atomic E-state index is 0.00514. The molecule has 0 radical (unpaired) electrons. The summed E-state index contributed by atoms with van der Waals surface area (Å²) in [4.78, 5) is 16.1. The van der Waals surface area contributed by atoms with Crippen LogP contribution in [0.15, 0.2) is 11.1 Å². The standard InChI is InChI=1S/C12H16ClIN2O/c1-2-8-3-5-9(6-4-8)16-7-15-11(13)10(14)12(16)17/h7-9H,2-6H2,1H3. The molecule has 0 amide bonds. The highest BCUT2D eigenvalue weighted by Crippen LogP contribution is 2.32. The summed E-state index contributed by atoms with van der Waals surface area (Å²) in [5, 5.41) is 0.314. The number of rotatable bonds is 2. The first-order valence-electron chi connectivity index (χ1n) is 6.05. The summed E-state index contributed by atoms with van der Waals surface area (Å²) < 4.78 is 2.30. The predicted molar refractivity (Wildman–Crippen MR) is 77.5 cm³/mol. The van der Waals surface area contributed by atoms with Crippen molar-refractivity contribution >= 4 is 34.2 Å². The van der Waals surface area contributed by atoms with Crippen LogP contribution in [0.5, 0.6) is 0 Å². The molecule has 17 heavy (non-hydrogen) atoms. The summed E-state index contributed by atoms with van der Waals surface area (Å²) in [6.45, 7) is 2.24. The maximum Gasteiger partial charge on any atom is 0.268 e. The largest absolute Gasteiger partial charge is 0.295 e. The lowest BCUT2D eigenvalue weighted by Gasteiger charge is -2.28. The van der Waals surface area contributed by atoms with Crippen LogP contribution in [-0.4, -0.2) is 9.55 Å². The molecular formula is C12H16ClIN2O. The first-order chi connectivity index (χ1) is 8.13. The van der Waals surface area contributed by atoms with Crippen molar-refractivity contribution < 1.29 is 0 Å². The molecule has 0 spiro atoms. The number of hydrogen-bond acceptors (Lipinski definition) is 2. The zero-order valence-electron chi connectivity index (χ0n) is 9.83. The topological polar surface area (TPSA) is 34.9 Å². The second-order valence-corrected chi connectivity index (χ2v) is 6.08. The molecule has 0 unspecified atom stereocenters. The van der Waals surface area contributed by atoms with E-state index < -0.39 is 0 Å². The Morgan fingerprint density at radius 3 is 2.71 bits per heavy atom. The fraction of sp³-hybridized carbons (Fsp3) is 0.667. The average molecular weight is 367 g/mol. The average Bonchev–Trinajstić information content (AvgIpc) is 2.36. The molecule has 0 saturated heterocycles. The normalized spacial score (nSPS) is 24.9. The summed E-state index contributed by atoms with van der Waals surface area (Å²) in [6, 6.07) is 0.309. The fourth-order valence-corrected chi connectivity index (χ4v) is 3.06. The smallest absolute Gasteiger partial charge is 0.268 e. The van der Waals surface area contributed by atoms with Crippen LogP contribution < -0.4 is 5.56 Å². The Morgan fingerprint density at radius 1 is 1.47 bits per heavy atom. The molecule has 0 N–H and O–H groups in total. The third-order valence-corrected chi connectivity index (χ3v) is 5.26. The molecule has 0 aliphatic heterocycles. The van der Waals surface area contributed by atoms with E-state index in [1.54, 1.807) is 10.9 Å². The van der Waals surface area contributed by atoms with E-state index >= 15 is 0 Å². The van der Waals surface area contributed by atoms with E-state index in [0.29, 0.717) is 14.8 Å². The van der Waals surface area contributed by atoms with Crippen LogP contribution in [0.3, 0.4) is 0 Å². The summed E-state index contributed by atoms with van der Waals surface area (Å²) in [7, 11) is 0. The van der Waals surface area contributed by atoms with E-state index in [9.17, 15) is 4.79 Å². The van der Waals surface area contributed by atoms with Crippen LogP contribution in [0.2, 0.25) is 5.15 Å². The van der Waals surface area contributed by atoms with Gasteiger partial charge < -0.3 is 0 Å². The molecule has 1 aromatic heterocycles. The lowest BCUT2D eigenvalue weighted by Crippen LogP contribution is -2.29. The highest BCUT2D eigenvalue weighted by atomic mass is 127. The molecule has 1 heterocycles. The van der Waals surface area contributed by atoms with E-state index in [1.807, 2.05) is 22.6 Å². The van der Waals surface area contributed by atoms with Crippen molar-refractivity contribution in [1.29, 1.82) is 0 Å².